The van der Waals surface area contributed by atoms with Gasteiger partial charge in [-0.2, -0.15) is 4.31 Å². The van der Waals surface area contributed by atoms with E-state index in [1.807, 2.05) is 6.92 Å². The second kappa shape index (κ2) is 4.97. The quantitative estimate of drug-likeness (QED) is 0.757. The lowest BCUT2D eigenvalue weighted by Gasteiger charge is -2.14. The molecule has 0 spiro atoms. The first-order chi connectivity index (χ1) is 8.86. The normalized spacial score (nSPS) is 24.6. The smallest absolute Gasteiger partial charge is 0.310 e. The number of rotatable bonds is 3. The molecule has 0 N–H and O–H groups in total. The largest absolute Gasteiger partial charge is 0.469 e. The molecule has 2 atom stereocenters. The number of carbonyl (C=O) groups excluding carboxylic acids is 1. The summed E-state index contributed by atoms with van der Waals surface area (Å²) >= 11 is 0. The summed E-state index contributed by atoms with van der Waals surface area (Å²) in [4.78, 5) is 11.8. The Hall–Kier alpha value is -1.34. The molecule has 2 unspecified atom stereocenters. The Morgan fingerprint density at radius 1 is 1.42 bits per heavy atom. The van der Waals surface area contributed by atoms with E-state index in [1.54, 1.807) is 30.1 Å². The maximum absolute atomic E-state index is 12.4. The van der Waals surface area contributed by atoms with Crippen molar-refractivity contribution >= 4 is 16.0 Å². The lowest BCUT2D eigenvalue weighted by atomic mass is 9.99. The summed E-state index contributed by atoms with van der Waals surface area (Å²) in [7, 11) is -0.431. The average Bonchev–Trinajstić information content (AvgIpc) is 2.95. The van der Waals surface area contributed by atoms with E-state index in [0.717, 1.165) is 0 Å². The lowest BCUT2D eigenvalue weighted by molar-refractivity contribution is -0.145. The summed E-state index contributed by atoms with van der Waals surface area (Å²) < 4.78 is 32.6. The van der Waals surface area contributed by atoms with Crippen LogP contribution >= 0.6 is 0 Å². The number of esters is 1. The first-order valence-corrected chi connectivity index (χ1v) is 7.50. The molecule has 0 aromatic carbocycles. The van der Waals surface area contributed by atoms with Gasteiger partial charge in [0.15, 0.2) is 0 Å². The maximum Gasteiger partial charge on any atom is 0.310 e. The van der Waals surface area contributed by atoms with Crippen LogP contribution in [0.2, 0.25) is 0 Å². The van der Waals surface area contributed by atoms with Crippen LogP contribution in [0.5, 0.6) is 0 Å². The zero-order valence-corrected chi connectivity index (χ0v) is 12.1. The summed E-state index contributed by atoms with van der Waals surface area (Å²) in [5, 5.41) is 0. The van der Waals surface area contributed by atoms with E-state index in [-0.39, 0.29) is 29.2 Å². The summed E-state index contributed by atoms with van der Waals surface area (Å²) in [6.45, 7) is 2.39. The molecule has 19 heavy (non-hydrogen) atoms. The van der Waals surface area contributed by atoms with E-state index >= 15 is 0 Å². The molecule has 0 aliphatic carbocycles. The summed E-state index contributed by atoms with van der Waals surface area (Å²) in [5.41, 5.74) is 0. The molecule has 2 rings (SSSR count). The van der Waals surface area contributed by atoms with Gasteiger partial charge in [-0.15, -0.1) is 0 Å². The molecule has 1 aliphatic rings. The number of sulfonamides is 1. The molecule has 2 heterocycles. The predicted octanol–water partition coefficient (Wildman–Crippen LogP) is 0.455. The molecule has 0 amide bonds. The second-order valence-electron chi connectivity index (χ2n) is 4.94. The number of hydrogen-bond acceptors (Lipinski definition) is 4. The van der Waals surface area contributed by atoms with Crippen LogP contribution < -0.4 is 0 Å². The van der Waals surface area contributed by atoms with E-state index in [2.05, 4.69) is 0 Å². The number of methoxy groups -OCH3 is 1. The van der Waals surface area contributed by atoms with Crippen LogP contribution in [0.1, 0.15) is 6.92 Å². The van der Waals surface area contributed by atoms with Gasteiger partial charge in [0.05, 0.1) is 17.9 Å². The van der Waals surface area contributed by atoms with E-state index < -0.39 is 10.0 Å². The minimum absolute atomic E-state index is 0.0362. The van der Waals surface area contributed by atoms with Crippen LogP contribution in [0.4, 0.5) is 0 Å². The third kappa shape index (κ3) is 2.52. The highest BCUT2D eigenvalue weighted by atomic mass is 32.2. The highest BCUT2D eigenvalue weighted by Gasteiger charge is 2.41. The summed E-state index contributed by atoms with van der Waals surface area (Å²) in [6, 6.07) is 1.56. The fraction of sp³-hybridized carbons (Fsp3) is 0.583. The molecule has 106 valence electrons. The molecule has 0 bridgehead atoms. The van der Waals surface area contributed by atoms with Crippen molar-refractivity contribution in [1.29, 1.82) is 0 Å². The van der Waals surface area contributed by atoms with Crippen molar-refractivity contribution in [3.05, 3.63) is 18.5 Å². The minimum atomic E-state index is -3.52. The zero-order chi connectivity index (χ0) is 14.2. The topological polar surface area (TPSA) is 68.6 Å². The second-order valence-corrected chi connectivity index (χ2v) is 6.88. The molecule has 1 aromatic rings. The van der Waals surface area contributed by atoms with Gasteiger partial charge in [-0.05, 0) is 12.0 Å². The maximum atomic E-state index is 12.4. The van der Waals surface area contributed by atoms with Crippen LogP contribution in [-0.2, 0) is 26.6 Å². The summed E-state index contributed by atoms with van der Waals surface area (Å²) in [6.07, 6.45) is 3.25. The Morgan fingerprint density at radius 3 is 2.63 bits per heavy atom. The fourth-order valence-corrected chi connectivity index (χ4v) is 3.97. The predicted molar refractivity (Wildman–Crippen MR) is 68.8 cm³/mol. The van der Waals surface area contributed by atoms with Crippen molar-refractivity contribution in [3.8, 4) is 0 Å². The lowest BCUT2D eigenvalue weighted by Crippen LogP contribution is -2.30. The summed E-state index contributed by atoms with van der Waals surface area (Å²) in [5.74, 6) is -0.771. The van der Waals surface area contributed by atoms with Crippen LogP contribution in [0, 0.1) is 11.8 Å². The van der Waals surface area contributed by atoms with Gasteiger partial charge >= 0.3 is 5.97 Å². The molecule has 1 aromatic heterocycles. The van der Waals surface area contributed by atoms with Crippen LogP contribution in [0.3, 0.4) is 0 Å². The van der Waals surface area contributed by atoms with Crippen LogP contribution in [0.15, 0.2) is 23.4 Å². The molecule has 0 saturated carbocycles. The van der Waals surface area contributed by atoms with Crippen LogP contribution in [0.25, 0.3) is 0 Å². The Balaban J connectivity index is 2.22. The van der Waals surface area contributed by atoms with Crippen molar-refractivity contribution in [2.24, 2.45) is 18.9 Å². The minimum Gasteiger partial charge on any atom is -0.469 e. The molecular weight excluding hydrogens is 268 g/mol. The first-order valence-electron chi connectivity index (χ1n) is 6.06. The molecule has 1 saturated heterocycles. The standard InChI is InChI=1S/C12H18N2O4S/c1-9-6-14(8-11(9)12(15)18-3)19(16,17)10-4-5-13(2)7-10/h4-5,7,9,11H,6,8H2,1-3H3. The van der Waals surface area contributed by atoms with Crippen LogP contribution in [-0.4, -0.2) is 43.5 Å². The molecule has 1 fully saturated rings. The monoisotopic (exact) mass is 286 g/mol. The van der Waals surface area contributed by atoms with Crippen molar-refractivity contribution in [2.75, 3.05) is 20.2 Å². The number of aromatic nitrogens is 1. The van der Waals surface area contributed by atoms with E-state index in [0.29, 0.717) is 6.54 Å². The SMILES string of the molecule is COC(=O)C1CN(S(=O)(=O)c2ccn(C)c2)CC1C. The van der Waals surface area contributed by atoms with Gasteiger partial charge in [0.1, 0.15) is 0 Å². The van der Waals surface area contributed by atoms with Crippen molar-refractivity contribution < 1.29 is 17.9 Å². The Labute approximate surface area is 113 Å². The van der Waals surface area contributed by atoms with Gasteiger partial charge in [-0.3, -0.25) is 4.79 Å². The van der Waals surface area contributed by atoms with Gasteiger partial charge in [0.2, 0.25) is 10.0 Å². The van der Waals surface area contributed by atoms with Gasteiger partial charge in [0.25, 0.3) is 0 Å². The first kappa shape index (κ1) is 14.1. The Bertz CT molecular complexity index is 578. The highest BCUT2D eigenvalue weighted by molar-refractivity contribution is 7.89. The fourth-order valence-electron chi connectivity index (χ4n) is 2.36. The molecule has 6 nitrogen and oxygen atoms in total. The average molecular weight is 286 g/mol. The number of carbonyl (C=O) groups is 1. The number of ether oxygens (including phenoxy) is 1. The number of aryl methyl sites for hydroxylation is 1. The van der Waals surface area contributed by atoms with Crippen molar-refractivity contribution in [2.45, 2.75) is 11.8 Å². The third-order valence-corrected chi connectivity index (χ3v) is 5.34. The van der Waals surface area contributed by atoms with E-state index in [4.69, 9.17) is 4.74 Å². The Kier molecular flexibility index (Phi) is 3.69. The molecular formula is C12H18N2O4S. The number of hydrogen-bond donors (Lipinski definition) is 0. The number of nitrogens with zero attached hydrogens (tertiary/aromatic N) is 2. The Morgan fingerprint density at radius 2 is 2.11 bits per heavy atom. The van der Waals surface area contributed by atoms with Gasteiger partial charge in [0, 0.05) is 32.5 Å². The molecule has 7 heteroatoms. The molecule has 1 aliphatic heterocycles. The van der Waals surface area contributed by atoms with Gasteiger partial charge in [-0.1, -0.05) is 6.92 Å². The zero-order valence-electron chi connectivity index (χ0n) is 11.2. The van der Waals surface area contributed by atoms with Gasteiger partial charge in [-0.25, -0.2) is 8.42 Å². The van der Waals surface area contributed by atoms with Gasteiger partial charge < -0.3 is 9.30 Å². The van der Waals surface area contributed by atoms with E-state index in [1.165, 1.54) is 11.4 Å². The van der Waals surface area contributed by atoms with Crippen molar-refractivity contribution in [3.63, 3.8) is 0 Å². The third-order valence-electron chi connectivity index (χ3n) is 3.53. The highest BCUT2D eigenvalue weighted by Crippen LogP contribution is 2.29. The van der Waals surface area contributed by atoms with E-state index in [9.17, 15) is 13.2 Å². The van der Waals surface area contributed by atoms with Crippen molar-refractivity contribution in [1.82, 2.24) is 8.87 Å². The molecule has 0 radical (unpaired) electrons.